The molecule has 1 rings (SSSR count). The van der Waals surface area contributed by atoms with Gasteiger partial charge in [-0.15, -0.1) is 0 Å². The number of hydrogen-bond acceptors (Lipinski definition) is 2. The van der Waals surface area contributed by atoms with Crippen molar-refractivity contribution in [2.45, 2.75) is 46.5 Å². The van der Waals surface area contributed by atoms with E-state index in [0.717, 1.165) is 24.9 Å². The van der Waals surface area contributed by atoms with Crippen molar-refractivity contribution < 1.29 is 0 Å². The maximum absolute atomic E-state index is 6.04. The first-order valence-corrected chi connectivity index (χ1v) is 8.50. The Hall–Kier alpha value is -0.860. The van der Waals surface area contributed by atoms with Gasteiger partial charge >= 0.3 is 0 Å². The van der Waals surface area contributed by atoms with Crippen LogP contribution in [0.1, 0.15) is 52.0 Å². The molecule has 0 bridgehead atoms. The molecule has 0 aromatic heterocycles. The Morgan fingerprint density at radius 3 is 1.86 bits per heavy atom. The number of benzene rings is 1. The highest BCUT2D eigenvalue weighted by molar-refractivity contribution is 5.20. The van der Waals surface area contributed by atoms with Crippen molar-refractivity contribution in [2.24, 2.45) is 17.6 Å². The first-order chi connectivity index (χ1) is 10.0. The molecule has 1 aromatic rings. The van der Waals surface area contributed by atoms with Crippen LogP contribution in [0.25, 0.3) is 0 Å². The summed E-state index contributed by atoms with van der Waals surface area (Å²) in [5.41, 5.74) is 7.41. The minimum Gasteiger partial charge on any atom is -0.330 e. The molecule has 1 atom stereocenters. The molecule has 120 valence electrons. The first-order valence-electron chi connectivity index (χ1n) is 8.50. The van der Waals surface area contributed by atoms with Gasteiger partial charge in [-0.25, -0.2) is 0 Å². The zero-order valence-electron chi connectivity index (χ0n) is 14.4. The lowest BCUT2D eigenvalue weighted by Crippen LogP contribution is -2.34. The van der Waals surface area contributed by atoms with Crippen LogP contribution in [-0.4, -0.2) is 31.1 Å². The molecule has 0 heterocycles. The summed E-state index contributed by atoms with van der Waals surface area (Å²) in [7, 11) is 0. The van der Waals surface area contributed by atoms with Gasteiger partial charge in [0.15, 0.2) is 0 Å². The zero-order valence-corrected chi connectivity index (χ0v) is 14.4. The van der Waals surface area contributed by atoms with Gasteiger partial charge in [-0.3, -0.25) is 0 Å². The zero-order chi connectivity index (χ0) is 15.7. The smallest absolute Gasteiger partial charge is 0.00888 e. The maximum Gasteiger partial charge on any atom is 0.00888 e. The van der Waals surface area contributed by atoms with Crippen LogP contribution >= 0.6 is 0 Å². The molecule has 0 saturated carbocycles. The Kier molecular flexibility index (Phi) is 8.63. The van der Waals surface area contributed by atoms with E-state index in [1.54, 1.807) is 0 Å². The van der Waals surface area contributed by atoms with E-state index in [9.17, 15) is 0 Å². The molecule has 0 fully saturated rings. The lowest BCUT2D eigenvalue weighted by molar-refractivity contribution is 0.230. The van der Waals surface area contributed by atoms with E-state index in [4.69, 9.17) is 5.73 Å². The summed E-state index contributed by atoms with van der Waals surface area (Å²) in [6.45, 7) is 13.4. The van der Waals surface area contributed by atoms with Gasteiger partial charge in [0.25, 0.3) is 0 Å². The minimum absolute atomic E-state index is 0.450. The summed E-state index contributed by atoms with van der Waals surface area (Å²) in [5, 5.41) is 0. The Labute approximate surface area is 131 Å². The van der Waals surface area contributed by atoms with Crippen LogP contribution in [-0.2, 0) is 0 Å². The summed E-state index contributed by atoms with van der Waals surface area (Å²) in [6, 6.07) is 10.7. The minimum atomic E-state index is 0.450. The molecule has 0 amide bonds. The van der Waals surface area contributed by atoms with Gasteiger partial charge in [0, 0.05) is 19.0 Å². The van der Waals surface area contributed by atoms with E-state index in [0.29, 0.717) is 5.92 Å². The molecule has 0 aliphatic rings. The third-order valence-electron chi connectivity index (χ3n) is 4.08. The van der Waals surface area contributed by atoms with E-state index in [2.05, 4.69) is 62.9 Å². The number of hydrogen-bond donors (Lipinski definition) is 1. The van der Waals surface area contributed by atoms with Gasteiger partial charge in [0.2, 0.25) is 0 Å². The van der Waals surface area contributed by atoms with E-state index < -0.39 is 0 Å². The van der Waals surface area contributed by atoms with Crippen LogP contribution in [0.4, 0.5) is 0 Å². The van der Waals surface area contributed by atoms with Crippen molar-refractivity contribution in [1.29, 1.82) is 0 Å². The highest BCUT2D eigenvalue weighted by Gasteiger charge is 2.15. The van der Waals surface area contributed by atoms with Gasteiger partial charge in [-0.05, 0) is 43.3 Å². The normalized spacial score (nSPS) is 13.3. The van der Waals surface area contributed by atoms with Crippen molar-refractivity contribution in [3.05, 3.63) is 35.9 Å². The van der Waals surface area contributed by atoms with Gasteiger partial charge in [0.05, 0.1) is 0 Å². The third-order valence-corrected chi connectivity index (χ3v) is 4.08. The molecule has 1 unspecified atom stereocenters. The number of nitrogens with zero attached hydrogens (tertiary/aromatic N) is 1. The van der Waals surface area contributed by atoms with Crippen molar-refractivity contribution in [2.75, 3.05) is 26.2 Å². The molecule has 1 aromatic carbocycles. The van der Waals surface area contributed by atoms with Crippen molar-refractivity contribution >= 4 is 0 Å². The molecule has 0 aliphatic heterocycles. The lowest BCUT2D eigenvalue weighted by atomic mass is 9.98. The maximum atomic E-state index is 6.04. The van der Waals surface area contributed by atoms with Crippen LogP contribution in [0.5, 0.6) is 0 Å². The molecule has 0 radical (unpaired) electrons. The monoisotopic (exact) mass is 290 g/mol. The van der Waals surface area contributed by atoms with Crippen LogP contribution in [0.15, 0.2) is 30.3 Å². The average Bonchev–Trinajstić information content (AvgIpc) is 2.47. The summed E-state index contributed by atoms with van der Waals surface area (Å²) in [6.07, 6.45) is 2.54. The Morgan fingerprint density at radius 2 is 1.43 bits per heavy atom. The van der Waals surface area contributed by atoms with Crippen molar-refractivity contribution in [3.63, 3.8) is 0 Å². The van der Waals surface area contributed by atoms with E-state index in [1.807, 2.05) is 0 Å². The number of rotatable bonds is 10. The standard InChI is InChI=1S/C19H34N2/c1-16(2)10-12-21(13-11-17(3)4)15-19(14-20)18-8-6-5-7-9-18/h5-9,16-17,19H,10-15,20H2,1-4H3. The fourth-order valence-electron chi connectivity index (χ4n) is 2.53. The second-order valence-corrected chi connectivity index (χ2v) is 7.01. The summed E-state index contributed by atoms with van der Waals surface area (Å²) >= 11 is 0. The Morgan fingerprint density at radius 1 is 0.905 bits per heavy atom. The molecular weight excluding hydrogens is 256 g/mol. The van der Waals surface area contributed by atoms with Crippen molar-refractivity contribution in [1.82, 2.24) is 4.90 Å². The van der Waals surface area contributed by atoms with E-state index in [-0.39, 0.29) is 0 Å². The molecule has 0 saturated heterocycles. The van der Waals surface area contributed by atoms with Crippen molar-refractivity contribution in [3.8, 4) is 0 Å². The van der Waals surface area contributed by atoms with Gasteiger partial charge in [-0.2, -0.15) is 0 Å². The fraction of sp³-hybridized carbons (Fsp3) is 0.684. The van der Waals surface area contributed by atoms with E-state index in [1.165, 1.54) is 31.5 Å². The topological polar surface area (TPSA) is 29.3 Å². The van der Waals surface area contributed by atoms with Crippen LogP contribution in [0.3, 0.4) is 0 Å². The largest absolute Gasteiger partial charge is 0.330 e. The van der Waals surface area contributed by atoms with Crippen LogP contribution < -0.4 is 5.73 Å². The quantitative estimate of drug-likeness (QED) is 0.702. The first kappa shape index (κ1) is 18.2. The summed E-state index contributed by atoms with van der Waals surface area (Å²) in [4.78, 5) is 2.62. The molecule has 2 nitrogen and oxygen atoms in total. The molecule has 21 heavy (non-hydrogen) atoms. The highest BCUT2D eigenvalue weighted by atomic mass is 15.1. The summed E-state index contributed by atoms with van der Waals surface area (Å²) < 4.78 is 0. The van der Waals surface area contributed by atoms with Gasteiger partial charge in [0.1, 0.15) is 0 Å². The second-order valence-electron chi connectivity index (χ2n) is 7.01. The molecule has 0 aliphatic carbocycles. The third kappa shape index (κ3) is 7.63. The predicted octanol–water partition coefficient (Wildman–Crippen LogP) is 4.12. The predicted molar refractivity (Wildman–Crippen MR) is 93.6 cm³/mol. The SMILES string of the molecule is CC(C)CCN(CCC(C)C)CC(CN)c1ccccc1. The summed E-state index contributed by atoms with van der Waals surface area (Å²) in [5.74, 6) is 1.98. The van der Waals surface area contributed by atoms with Gasteiger partial charge in [-0.1, -0.05) is 58.0 Å². The molecule has 2 heteroatoms. The number of nitrogens with two attached hydrogens (primary N) is 1. The second kappa shape index (κ2) is 9.97. The lowest BCUT2D eigenvalue weighted by Gasteiger charge is -2.28. The Balaban J connectivity index is 2.63. The van der Waals surface area contributed by atoms with E-state index >= 15 is 0 Å². The van der Waals surface area contributed by atoms with Gasteiger partial charge < -0.3 is 10.6 Å². The van der Waals surface area contributed by atoms with Crippen LogP contribution in [0, 0.1) is 11.8 Å². The van der Waals surface area contributed by atoms with Crippen LogP contribution in [0.2, 0.25) is 0 Å². The molecular formula is C19H34N2. The molecule has 0 spiro atoms. The Bertz CT molecular complexity index is 347. The molecule has 2 N–H and O–H groups in total. The fourth-order valence-corrected chi connectivity index (χ4v) is 2.53. The average molecular weight is 290 g/mol. The highest BCUT2D eigenvalue weighted by Crippen LogP contribution is 2.17.